The number of aliphatic imine (C=N–C) groups is 1. The van der Waals surface area contributed by atoms with Crippen molar-refractivity contribution in [3.8, 4) is 0 Å². The fourth-order valence-electron chi connectivity index (χ4n) is 4.11. The number of hydrogen-bond donors (Lipinski definition) is 2. The van der Waals surface area contributed by atoms with Gasteiger partial charge in [0, 0.05) is 65.0 Å². The summed E-state index contributed by atoms with van der Waals surface area (Å²) in [5, 5.41) is 6.87. The van der Waals surface area contributed by atoms with Gasteiger partial charge in [0.25, 0.3) is 0 Å². The molecule has 2 atom stereocenters. The van der Waals surface area contributed by atoms with Crippen LogP contribution in [0.15, 0.2) is 35.3 Å². The lowest BCUT2D eigenvalue weighted by Crippen LogP contribution is -2.49. The first-order chi connectivity index (χ1) is 14.1. The highest BCUT2D eigenvalue weighted by atomic mass is 127. The van der Waals surface area contributed by atoms with Crippen LogP contribution in [0.3, 0.4) is 0 Å². The highest BCUT2D eigenvalue weighted by Gasteiger charge is 2.31. The number of nitrogens with zero attached hydrogens (tertiary/aromatic N) is 4. The lowest BCUT2D eigenvalue weighted by atomic mass is 10.1. The fraction of sp³-hybridized carbons (Fsp3) is 0.636. The summed E-state index contributed by atoms with van der Waals surface area (Å²) in [5.74, 6) is 1.47. The van der Waals surface area contributed by atoms with Gasteiger partial charge in [0.15, 0.2) is 5.96 Å². The molecule has 0 bridgehead atoms. The molecule has 2 aliphatic rings. The van der Waals surface area contributed by atoms with Gasteiger partial charge in [-0.3, -0.25) is 9.79 Å². The van der Waals surface area contributed by atoms with Gasteiger partial charge in [-0.05, 0) is 24.6 Å². The number of amides is 1. The summed E-state index contributed by atoms with van der Waals surface area (Å²) >= 11 is 0. The summed E-state index contributed by atoms with van der Waals surface area (Å²) in [7, 11) is 1.79. The predicted molar refractivity (Wildman–Crippen MR) is 135 cm³/mol. The molecule has 2 saturated heterocycles. The van der Waals surface area contributed by atoms with Gasteiger partial charge in [-0.2, -0.15) is 0 Å². The minimum atomic E-state index is 0. The first-order valence-corrected chi connectivity index (χ1v) is 10.9. The molecule has 0 aromatic heterocycles. The van der Waals surface area contributed by atoms with E-state index in [9.17, 15) is 4.79 Å². The molecule has 7 nitrogen and oxygen atoms in total. The number of carbonyl (C=O) groups is 1. The summed E-state index contributed by atoms with van der Waals surface area (Å²) in [6.07, 6.45) is 0.493. The van der Waals surface area contributed by atoms with E-state index >= 15 is 0 Å². The lowest BCUT2D eigenvalue weighted by molar-refractivity contribution is -0.117. The number of nitrogens with one attached hydrogen (secondary N) is 2. The lowest BCUT2D eigenvalue weighted by Gasteiger charge is -2.35. The predicted octanol–water partition coefficient (Wildman–Crippen LogP) is 1.85. The number of para-hydroxylation sites is 1. The van der Waals surface area contributed by atoms with Crippen LogP contribution in [0, 0.1) is 5.92 Å². The third-order valence-corrected chi connectivity index (χ3v) is 5.86. The Kier molecular flexibility index (Phi) is 10.3. The number of carbonyl (C=O) groups excluding carboxylic acids is 1. The van der Waals surface area contributed by atoms with Crippen molar-refractivity contribution < 1.29 is 4.79 Å². The van der Waals surface area contributed by atoms with Gasteiger partial charge in [0.05, 0.1) is 6.04 Å². The molecule has 2 aliphatic heterocycles. The summed E-state index contributed by atoms with van der Waals surface area (Å²) in [6, 6.07) is 9.94. The van der Waals surface area contributed by atoms with Gasteiger partial charge in [0.2, 0.25) is 5.91 Å². The molecule has 0 aliphatic carbocycles. The fourth-order valence-corrected chi connectivity index (χ4v) is 4.11. The summed E-state index contributed by atoms with van der Waals surface area (Å²) < 4.78 is 0. The van der Waals surface area contributed by atoms with Gasteiger partial charge >= 0.3 is 0 Å². The molecule has 8 heteroatoms. The number of piperazine rings is 1. The molecule has 0 spiro atoms. The molecular weight excluding hydrogens is 491 g/mol. The Labute approximate surface area is 198 Å². The van der Waals surface area contributed by atoms with Crippen LogP contribution >= 0.6 is 24.0 Å². The van der Waals surface area contributed by atoms with Crippen molar-refractivity contribution in [3.05, 3.63) is 30.3 Å². The maximum absolute atomic E-state index is 12.4. The number of guanidine groups is 1. The van der Waals surface area contributed by atoms with Crippen LogP contribution in [0.4, 0.5) is 5.69 Å². The molecule has 1 amide bonds. The Hall–Kier alpha value is -1.39. The monoisotopic (exact) mass is 528 g/mol. The van der Waals surface area contributed by atoms with Crippen LogP contribution in [0.2, 0.25) is 0 Å². The Morgan fingerprint density at radius 3 is 2.47 bits per heavy atom. The number of anilines is 1. The number of rotatable bonds is 7. The molecular formula is C22H37IN6O. The minimum Gasteiger partial charge on any atom is -0.356 e. The van der Waals surface area contributed by atoms with E-state index in [2.05, 4.69) is 39.3 Å². The molecule has 0 saturated carbocycles. The van der Waals surface area contributed by atoms with E-state index in [0.717, 1.165) is 44.4 Å². The Balaban J connectivity index is 0.00000320. The summed E-state index contributed by atoms with van der Waals surface area (Å²) in [6.45, 7) is 13.0. The third-order valence-electron chi connectivity index (χ3n) is 5.86. The molecule has 2 fully saturated rings. The number of benzene rings is 1. The second-order valence-corrected chi connectivity index (χ2v) is 8.18. The quantitative estimate of drug-likeness (QED) is 0.322. The first-order valence-electron chi connectivity index (χ1n) is 10.9. The van der Waals surface area contributed by atoms with Crippen LogP contribution in [0.25, 0.3) is 0 Å². The average molecular weight is 528 g/mol. The Morgan fingerprint density at radius 2 is 1.83 bits per heavy atom. The van der Waals surface area contributed by atoms with E-state index in [-0.39, 0.29) is 35.9 Å². The van der Waals surface area contributed by atoms with Gasteiger partial charge in [-0.1, -0.05) is 32.0 Å². The molecule has 30 heavy (non-hydrogen) atoms. The second-order valence-electron chi connectivity index (χ2n) is 8.18. The van der Waals surface area contributed by atoms with Gasteiger partial charge < -0.3 is 25.3 Å². The highest BCUT2D eigenvalue weighted by Crippen LogP contribution is 2.20. The van der Waals surface area contributed by atoms with Crippen molar-refractivity contribution >= 4 is 41.5 Å². The SMILES string of the molecule is CCN1CCN(CC(C)CNC(=NC)NC2CC(=O)N(c3ccccc3)C2)CC1.I. The van der Waals surface area contributed by atoms with Crippen molar-refractivity contribution in [1.82, 2.24) is 20.4 Å². The third kappa shape index (κ3) is 7.09. The van der Waals surface area contributed by atoms with Crippen LogP contribution in [0.5, 0.6) is 0 Å². The first kappa shape index (κ1) is 24.9. The Morgan fingerprint density at radius 1 is 1.17 bits per heavy atom. The van der Waals surface area contributed by atoms with E-state index in [0.29, 0.717) is 18.9 Å². The van der Waals surface area contributed by atoms with Crippen molar-refractivity contribution in [2.24, 2.45) is 10.9 Å². The van der Waals surface area contributed by atoms with Gasteiger partial charge in [-0.15, -0.1) is 24.0 Å². The van der Waals surface area contributed by atoms with E-state index in [1.807, 2.05) is 35.2 Å². The molecule has 2 heterocycles. The largest absolute Gasteiger partial charge is 0.356 e. The van der Waals surface area contributed by atoms with Crippen molar-refractivity contribution in [1.29, 1.82) is 0 Å². The van der Waals surface area contributed by atoms with Crippen molar-refractivity contribution in [2.45, 2.75) is 26.3 Å². The molecule has 2 N–H and O–H groups in total. The highest BCUT2D eigenvalue weighted by molar-refractivity contribution is 14.0. The van der Waals surface area contributed by atoms with Crippen LogP contribution in [0.1, 0.15) is 20.3 Å². The maximum Gasteiger partial charge on any atom is 0.229 e. The molecule has 2 unspecified atom stereocenters. The summed E-state index contributed by atoms with van der Waals surface area (Å²) in [5.41, 5.74) is 0.960. The minimum absolute atomic E-state index is 0. The van der Waals surface area contributed by atoms with Gasteiger partial charge in [-0.25, -0.2) is 0 Å². The second kappa shape index (κ2) is 12.5. The van der Waals surface area contributed by atoms with Crippen molar-refractivity contribution in [2.75, 3.05) is 64.3 Å². The van der Waals surface area contributed by atoms with Crippen LogP contribution in [-0.2, 0) is 4.79 Å². The van der Waals surface area contributed by atoms with E-state index in [1.165, 1.54) is 13.1 Å². The maximum atomic E-state index is 12.4. The normalized spacial score (nSPS) is 22.0. The smallest absolute Gasteiger partial charge is 0.229 e. The molecule has 3 rings (SSSR count). The summed E-state index contributed by atoms with van der Waals surface area (Å²) in [4.78, 5) is 23.7. The average Bonchev–Trinajstić information content (AvgIpc) is 3.12. The van der Waals surface area contributed by atoms with Gasteiger partial charge in [0.1, 0.15) is 0 Å². The zero-order chi connectivity index (χ0) is 20.6. The Bertz CT molecular complexity index is 677. The van der Waals surface area contributed by atoms with E-state index in [1.54, 1.807) is 7.05 Å². The van der Waals surface area contributed by atoms with E-state index in [4.69, 9.17) is 0 Å². The standard InChI is InChI=1S/C22H36N6O.HI/c1-4-26-10-12-27(13-11-26)16-18(2)15-24-22(23-3)25-19-14-21(29)28(17-19)20-8-6-5-7-9-20;/h5-9,18-19H,4,10-17H2,1-3H3,(H2,23,24,25);1H. The molecule has 1 aromatic rings. The van der Waals surface area contributed by atoms with Crippen molar-refractivity contribution in [3.63, 3.8) is 0 Å². The van der Waals surface area contributed by atoms with Crippen LogP contribution < -0.4 is 15.5 Å². The van der Waals surface area contributed by atoms with E-state index < -0.39 is 0 Å². The molecule has 0 radical (unpaired) electrons. The number of likely N-dealkylation sites (N-methyl/N-ethyl adjacent to an activating group) is 1. The molecule has 168 valence electrons. The topological polar surface area (TPSA) is 63.2 Å². The zero-order valence-electron chi connectivity index (χ0n) is 18.5. The number of halogens is 1. The zero-order valence-corrected chi connectivity index (χ0v) is 20.8. The van der Waals surface area contributed by atoms with Crippen LogP contribution in [-0.4, -0.2) is 87.1 Å². The number of hydrogen-bond acceptors (Lipinski definition) is 4. The molecule has 1 aromatic carbocycles.